The van der Waals surface area contributed by atoms with Crippen LogP contribution in [0.3, 0.4) is 0 Å². The molecule has 1 aliphatic heterocycles. The van der Waals surface area contributed by atoms with Crippen LogP contribution in [-0.2, 0) is 24.3 Å². The number of hydrogen-bond acceptors (Lipinski definition) is 4. The zero-order valence-electron chi connectivity index (χ0n) is 18.1. The Bertz CT molecular complexity index is 1160. The van der Waals surface area contributed by atoms with Gasteiger partial charge in [-0.25, -0.2) is 4.79 Å². The molecule has 4 rings (SSSR count). The summed E-state index contributed by atoms with van der Waals surface area (Å²) in [5.74, 6) is 1.51. The number of carbonyl (C=O) groups excluding carboxylic acids is 2. The van der Waals surface area contributed by atoms with Gasteiger partial charge in [0.2, 0.25) is 5.91 Å². The molecule has 0 fully saturated rings. The number of nitrogens with zero attached hydrogens (tertiary/aromatic N) is 4. The van der Waals surface area contributed by atoms with E-state index in [4.69, 9.17) is 23.2 Å². The molecule has 3 amide bonds. The molecule has 2 aromatic carbocycles. The van der Waals surface area contributed by atoms with Gasteiger partial charge in [-0.3, -0.25) is 9.69 Å². The highest BCUT2D eigenvalue weighted by Crippen LogP contribution is 2.27. The maximum atomic E-state index is 13.3. The van der Waals surface area contributed by atoms with Crippen molar-refractivity contribution in [1.29, 1.82) is 0 Å². The first-order chi connectivity index (χ1) is 15.9. The van der Waals surface area contributed by atoms with E-state index in [1.807, 2.05) is 0 Å². The highest BCUT2D eigenvalue weighted by Gasteiger charge is 2.22. The summed E-state index contributed by atoms with van der Waals surface area (Å²) in [5, 5.41) is 15.1. The minimum atomic E-state index is -0.355. The number of aromatic nitrogens is 3. The molecule has 0 saturated carbocycles. The zero-order chi connectivity index (χ0) is 23.4. The van der Waals surface area contributed by atoms with E-state index >= 15 is 0 Å². The van der Waals surface area contributed by atoms with E-state index < -0.39 is 0 Å². The minimum absolute atomic E-state index is 0.164. The topological polar surface area (TPSA) is 92.2 Å². The molecule has 0 radical (unpaired) electrons. The molecule has 0 atom stereocenters. The summed E-state index contributed by atoms with van der Waals surface area (Å²) < 4.78 is 2.11. The van der Waals surface area contributed by atoms with Crippen LogP contribution in [0, 0.1) is 0 Å². The fourth-order valence-electron chi connectivity index (χ4n) is 3.78. The van der Waals surface area contributed by atoms with E-state index in [-0.39, 0.29) is 18.5 Å². The highest BCUT2D eigenvalue weighted by atomic mass is 35.5. The minimum Gasteiger partial charge on any atom is -0.326 e. The van der Waals surface area contributed by atoms with E-state index in [0.717, 1.165) is 43.9 Å². The van der Waals surface area contributed by atoms with Gasteiger partial charge >= 0.3 is 6.03 Å². The third kappa shape index (κ3) is 5.64. The molecule has 10 heteroatoms. The zero-order valence-corrected chi connectivity index (χ0v) is 19.7. The number of halogens is 2. The average Bonchev–Trinajstić information content (AvgIpc) is 3.00. The quantitative estimate of drug-likeness (QED) is 0.497. The summed E-state index contributed by atoms with van der Waals surface area (Å²) in [6.07, 6.45) is 4.17. The summed E-state index contributed by atoms with van der Waals surface area (Å²) in [6.45, 7) is 2.52. The molecule has 1 aromatic heterocycles. The Morgan fingerprint density at radius 1 is 0.970 bits per heavy atom. The van der Waals surface area contributed by atoms with Crippen molar-refractivity contribution in [2.75, 3.05) is 15.5 Å². The van der Waals surface area contributed by atoms with Crippen molar-refractivity contribution in [2.45, 2.75) is 45.7 Å². The van der Waals surface area contributed by atoms with Crippen molar-refractivity contribution in [1.82, 2.24) is 14.8 Å². The number of nitrogens with one attached hydrogen (secondary N) is 2. The van der Waals surface area contributed by atoms with Crippen molar-refractivity contribution in [2.24, 2.45) is 0 Å². The summed E-state index contributed by atoms with van der Waals surface area (Å²) in [6, 6.07) is 11.6. The maximum Gasteiger partial charge on any atom is 0.326 e. The number of urea groups is 1. The molecule has 8 nitrogen and oxygen atoms in total. The number of hydrogen-bond donors (Lipinski definition) is 2. The molecular weight excluding hydrogens is 463 g/mol. The molecule has 3 aromatic rings. The van der Waals surface area contributed by atoms with E-state index in [1.54, 1.807) is 47.4 Å². The van der Waals surface area contributed by atoms with Crippen LogP contribution >= 0.6 is 23.2 Å². The van der Waals surface area contributed by atoms with Gasteiger partial charge in [0.1, 0.15) is 5.82 Å². The van der Waals surface area contributed by atoms with Crippen LogP contribution in [0.5, 0.6) is 0 Å². The van der Waals surface area contributed by atoms with Crippen LogP contribution in [-0.4, -0.2) is 26.7 Å². The van der Waals surface area contributed by atoms with Crippen LogP contribution in [0.15, 0.2) is 42.5 Å². The number of fused-ring (bicyclic) bond motifs is 1. The molecule has 0 saturated heterocycles. The summed E-state index contributed by atoms with van der Waals surface area (Å²) in [5.41, 5.74) is 1.81. The van der Waals surface area contributed by atoms with Crippen LogP contribution in [0.1, 0.15) is 37.8 Å². The van der Waals surface area contributed by atoms with Gasteiger partial charge < -0.3 is 15.2 Å². The van der Waals surface area contributed by atoms with E-state index in [0.29, 0.717) is 27.1 Å². The van der Waals surface area contributed by atoms with Gasteiger partial charge in [0, 0.05) is 37.0 Å². The standard InChI is InChI=1S/C23H24Cl2N6O2/c1-15(32)26-16-6-9-18(10-7-16)31(23(33)27-17-8-11-19(24)20(25)13-17)14-22-29-28-21-5-3-2-4-12-30(21)22/h6-11,13H,2-5,12,14H2,1H3,(H,26,32)(H,27,33). The van der Waals surface area contributed by atoms with Crippen LogP contribution < -0.4 is 15.5 Å². The summed E-state index contributed by atoms with van der Waals surface area (Å²) >= 11 is 12.1. The fraction of sp³-hybridized carbons (Fsp3) is 0.304. The lowest BCUT2D eigenvalue weighted by Crippen LogP contribution is -2.35. The second-order valence-electron chi connectivity index (χ2n) is 7.87. The number of aryl methyl sites for hydroxylation is 1. The number of anilines is 3. The molecule has 0 unspecified atom stereocenters. The third-order valence-corrected chi connectivity index (χ3v) is 6.14. The van der Waals surface area contributed by atoms with Gasteiger partial charge in [0.25, 0.3) is 0 Å². The Hall–Kier alpha value is -3.10. The van der Waals surface area contributed by atoms with Gasteiger partial charge in [0.05, 0.1) is 16.6 Å². The van der Waals surface area contributed by atoms with Crippen molar-refractivity contribution >= 4 is 52.2 Å². The molecular formula is C23H24Cl2N6O2. The van der Waals surface area contributed by atoms with Gasteiger partial charge in [-0.05, 0) is 55.3 Å². The van der Waals surface area contributed by atoms with Gasteiger partial charge in [-0.15, -0.1) is 10.2 Å². The van der Waals surface area contributed by atoms with Crippen molar-refractivity contribution < 1.29 is 9.59 Å². The van der Waals surface area contributed by atoms with Crippen LogP contribution in [0.25, 0.3) is 0 Å². The summed E-state index contributed by atoms with van der Waals surface area (Å²) in [4.78, 5) is 26.3. The largest absolute Gasteiger partial charge is 0.326 e. The predicted octanol–water partition coefficient (Wildman–Crippen LogP) is 5.51. The average molecular weight is 487 g/mol. The van der Waals surface area contributed by atoms with E-state index in [9.17, 15) is 9.59 Å². The van der Waals surface area contributed by atoms with Crippen molar-refractivity contribution in [3.8, 4) is 0 Å². The second-order valence-corrected chi connectivity index (χ2v) is 8.68. The molecule has 1 aliphatic rings. The fourth-order valence-corrected chi connectivity index (χ4v) is 4.07. The Balaban J connectivity index is 1.63. The predicted molar refractivity (Wildman–Crippen MR) is 130 cm³/mol. The first kappa shape index (κ1) is 23.1. The molecule has 172 valence electrons. The maximum absolute atomic E-state index is 13.3. The van der Waals surface area contributed by atoms with Crippen LogP contribution in [0.4, 0.5) is 21.9 Å². The van der Waals surface area contributed by atoms with E-state index in [1.165, 1.54) is 6.92 Å². The molecule has 0 aliphatic carbocycles. The number of carbonyl (C=O) groups is 2. The van der Waals surface area contributed by atoms with Gasteiger partial charge in [-0.2, -0.15) is 0 Å². The Morgan fingerprint density at radius 3 is 2.45 bits per heavy atom. The first-order valence-corrected chi connectivity index (χ1v) is 11.5. The summed E-state index contributed by atoms with van der Waals surface area (Å²) in [7, 11) is 0. The monoisotopic (exact) mass is 486 g/mol. The molecule has 33 heavy (non-hydrogen) atoms. The lowest BCUT2D eigenvalue weighted by molar-refractivity contribution is -0.114. The number of benzene rings is 2. The normalized spacial score (nSPS) is 13.1. The Labute approximate surface area is 201 Å². The van der Waals surface area contributed by atoms with Gasteiger partial charge in [0.15, 0.2) is 5.82 Å². The second kappa shape index (κ2) is 10.2. The highest BCUT2D eigenvalue weighted by molar-refractivity contribution is 6.42. The Kier molecular flexibility index (Phi) is 7.15. The third-order valence-electron chi connectivity index (χ3n) is 5.40. The number of amides is 3. The van der Waals surface area contributed by atoms with Crippen molar-refractivity contribution in [3.05, 3.63) is 64.2 Å². The molecule has 2 N–H and O–H groups in total. The first-order valence-electron chi connectivity index (χ1n) is 10.7. The number of rotatable bonds is 5. The smallest absolute Gasteiger partial charge is 0.326 e. The molecule has 2 heterocycles. The lowest BCUT2D eigenvalue weighted by Gasteiger charge is -2.24. The van der Waals surface area contributed by atoms with Crippen LogP contribution in [0.2, 0.25) is 10.0 Å². The van der Waals surface area contributed by atoms with Gasteiger partial charge in [-0.1, -0.05) is 29.6 Å². The van der Waals surface area contributed by atoms with E-state index in [2.05, 4.69) is 25.4 Å². The Morgan fingerprint density at radius 2 is 1.73 bits per heavy atom. The molecule has 0 spiro atoms. The lowest BCUT2D eigenvalue weighted by atomic mass is 10.2. The van der Waals surface area contributed by atoms with Crippen molar-refractivity contribution in [3.63, 3.8) is 0 Å². The SMILES string of the molecule is CC(=O)Nc1ccc(N(Cc2nnc3n2CCCCC3)C(=O)Nc2ccc(Cl)c(Cl)c2)cc1. The molecule has 0 bridgehead atoms.